The highest BCUT2D eigenvalue weighted by Gasteiger charge is 2.11. The van der Waals surface area contributed by atoms with Crippen molar-refractivity contribution in [2.75, 3.05) is 11.1 Å². The van der Waals surface area contributed by atoms with Crippen LogP contribution in [0.2, 0.25) is 0 Å². The smallest absolute Gasteiger partial charge is 0.191 e. The zero-order valence-corrected chi connectivity index (χ0v) is 16.8. The number of anilines is 2. The van der Waals surface area contributed by atoms with Crippen molar-refractivity contribution < 1.29 is 0 Å². The lowest BCUT2D eigenvalue weighted by Crippen LogP contribution is -2.24. The number of hydrogen-bond acceptors (Lipinski definition) is 3. The summed E-state index contributed by atoms with van der Waals surface area (Å²) in [6.45, 7) is 2.03. The molecule has 4 rings (SSSR count). The average molecular weight is 400 g/mol. The lowest BCUT2D eigenvalue weighted by molar-refractivity contribution is 1.05. The molecule has 5 nitrogen and oxygen atoms in total. The third-order valence-electron chi connectivity index (χ3n) is 4.67. The second kappa shape index (κ2) is 8.16. The number of benzene rings is 3. The molecular formula is C23H21N5S. The zero-order chi connectivity index (χ0) is 20.2. The zero-order valence-electron chi connectivity index (χ0n) is 15.9. The highest BCUT2D eigenvalue weighted by atomic mass is 32.1. The summed E-state index contributed by atoms with van der Waals surface area (Å²) in [4.78, 5) is 3.47. The topological polar surface area (TPSA) is 78.2 Å². The summed E-state index contributed by atoms with van der Waals surface area (Å²) in [6.07, 6.45) is 1.78. The maximum atomic E-state index is 5.98. The van der Waals surface area contributed by atoms with Crippen LogP contribution in [-0.4, -0.2) is 16.3 Å². The van der Waals surface area contributed by atoms with Crippen molar-refractivity contribution in [3.05, 3.63) is 83.9 Å². The quantitative estimate of drug-likeness (QED) is 0.168. The number of aryl methyl sites for hydroxylation is 1. The molecule has 0 aliphatic rings. The standard InChI is InChI=1S/C23H21N5S/c1-15-7-2-4-11-20(15)27-23(29)28-25-14-19-18-10-3-5-12-21(18)26-22(19)16-8-6-9-17(24)13-16/h2-14,26H,24H2,1H3,(H2,27,28,29)/b25-14+. The monoisotopic (exact) mass is 399 g/mol. The summed E-state index contributed by atoms with van der Waals surface area (Å²) in [7, 11) is 0. The Hall–Kier alpha value is -3.64. The number of aromatic amines is 1. The van der Waals surface area contributed by atoms with Gasteiger partial charge in [-0.05, 0) is 49.0 Å². The highest BCUT2D eigenvalue weighted by Crippen LogP contribution is 2.30. The van der Waals surface area contributed by atoms with E-state index in [9.17, 15) is 0 Å². The molecule has 0 bridgehead atoms. The van der Waals surface area contributed by atoms with E-state index in [4.69, 9.17) is 18.0 Å². The molecule has 5 N–H and O–H groups in total. The third-order valence-corrected chi connectivity index (χ3v) is 4.87. The van der Waals surface area contributed by atoms with E-state index >= 15 is 0 Å². The van der Waals surface area contributed by atoms with Gasteiger partial charge in [0.2, 0.25) is 0 Å². The van der Waals surface area contributed by atoms with E-state index in [-0.39, 0.29) is 0 Å². The van der Waals surface area contributed by atoms with Crippen LogP contribution in [0.5, 0.6) is 0 Å². The maximum Gasteiger partial charge on any atom is 0.191 e. The summed E-state index contributed by atoms with van der Waals surface area (Å²) >= 11 is 5.37. The summed E-state index contributed by atoms with van der Waals surface area (Å²) in [5.74, 6) is 0. The number of fused-ring (bicyclic) bond motifs is 1. The number of aromatic nitrogens is 1. The van der Waals surface area contributed by atoms with E-state index in [2.05, 4.69) is 26.9 Å². The van der Waals surface area contributed by atoms with E-state index < -0.39 is 0 Å². The highest BCUT2D eigenvalue weighted by molar-refractivity contribution is 7.80. The van der Waals surface area contributed by atoms with Gasteiger partial charge in [0.05, 0.1) is 11.9 Å². The van der Waals surface area contributed by atoms with Gasteiger partial charge < -0.3 is 16.0 Å². The van der Waals surface area contributed by atoms with Crippen LogP contribution in [0.25, 0.3) is 22.2 Å². The van der Waals surface area contributed by atoms with Crippen LogP contribution in [0.4, 0.5) is 11.4 Å². The molecule has 29 heavy (non-hydrogen) atoms. The molecule has 0 fully saturated rings. The van der Waals surface area contributed by atoms with E-state index in [1.165, 1.54) is 0 Å². The van der Waals surface area contributed by atoms with E-state index in [0.717, 1.165) is 39.0 Å². The molecule has 4 aromatic rings. The van der Waals surface area contributed by atoms with Gasteiger partial charge in [0.1, 0.15) is 0 Å². The van der Waals surface area contributed by atoms with Gasteiger partial charge in [-0.2, -0.15) is 5.10 Å². The van der Waals surface area contributed by atoms with Crippen molar-refractivity contribution in [2.24, 2.45) is 5.10 Å². The third kappa shape index (κ3) is 4.12. The van der Waals surface area contributed by atoms with Crippen molar-refractivity contribution in [2.45, 2.75) is 6.92 Å². The molecule has 0 spiro atoms. The number of thiocarbonyl (C=S) groups is 1. The Balaban J connectivity index is 1.61. The Morgan fingerprint density at radius 3 is 2.66 bits per heavy atom. The summed E-state index contributed by atoms with van der Waals surface area (Å²) in [5, 5.41) is 9.04. The summed E-state index contributed by atoms with van der Waals surface area (Å²) in [6, 6.07) is 23.9. The molecule has 0 unspecified atom stereocenters. The largest absolute Gasteiger partial charge is 0.399 e. The van der Waals surface area contributed by atoms with E-state index in [1.807, 2.05) is 73.7 Å². The molecule has 0 saturated heterocycles. The number of nitrogens with one attached hydrogen (secondary N) is 3. The van der Waals surface area contributed by atoms with Gasteiger partial charge in [-0.1, -0.05) is 48.5 Å². The number of hydrazone groups is 1. The van der Waals surface area contributed by atoms with Crippen LogP contribution in [0.15, 0.2) is 77.9 Å². The molecule has 1 aromatic heterocycles. The maximum absolute atomic E-state index is 5.98. The van der Waals surface area contributed by atoms with Crippen LogP contribution in [0.3, 0.4) is 0 Å². The van der Waals surface area contributed by atoms with Crippen LogP contribution in [-0.2, 0) is 0 Å². The van der Waals surface area contributed by atoms with Gasteiger partial charge in [-0.3, -0.25) is 5.43 Å². The first-order valence-corrected chi connectivity index (χ1v) is 9.65. The van der Waals surface area contributed by atoms with Crippen molar-refractivity contribution >= 4 is 45.8 Å². The Labute approximate surface area is 174 Å². The van der Waals surface area contributed by atoms with Crippen LogP contribution < -0.4 is 16.5 Å². The fraction of sp³-hybridized carbons (Fsp3) is 0.0435. The number of rotatable bonds is 4. The van der Waals surface area contributed by atoms with Gasteiger partial charge >= 0.3 is 0 Å². The lowest BCUT2D eigenvalue weighted by atomic mass is 10.1. The first-order valence-electron chi connectivity index (χ1n) is 9.24. The molecule has 144 valence electrons. The second-order valence-corrected chi connectivity index (χ2v) is 7.13. The Bertz CT molecular complexity index is 1210. The van der Waals surface area contributed by atoms with E-state index in [0.29, 0.717) is 10.8 Å². The normalized spacial score (nSPS) is 11.1. The minimum atomic E-state index is 0.431. The minimum absolute atomic E-state index is 0.431. The molecule has 0 radical (unpaired) electrons. The van der Waals surface area contributed by atoms with Gasteiger partial charge in [0.25, 0.3) is 0 Å². The van der Waals surface area contributed by atoms with E-state index in [1.54, 1.807) is 6.21 Å². The number of hydrogen-bond donors (Lipinski definition) is 4. The van der Waals surface area contributed by atoms with Gasteiger partial charge in [0, 0.05) is 33.4 Å². The molecular weight excluding hydrogens is 378 g/mol. The number of nitrogens with two attached hydrogens (primary N) is 1. The van der Waals surface area contributed by atoms with Gasteiger partial charge in [0.15, 0.2) is 5.11 Å². The SMILES string of the molecule is Cc1ccccc1NC(=S)N/N=C/c1c(-c2cccc(N)c2)[nH]c2ccccc12. The Morgan fingerprint density at radius 1 is 1.03 bits per heavy atom. The molecule has 1 heterocycles. The van der Waals surface area contributed by atoms with Crippen molar-refractivity contribution in [1.29, 1.82) is 0 Å². The molecule has 0 saturated carbocycles. The lowest BCUT2D eigenvalue weighted by Gasteiger charge is -2.09. The summed E-state index contributed by atoms with van der Waals surface area (Å²) < 4.78 is 0. The number of H-pyrrole nitrogens is 1. The van der Waals surface area contributed by atoms with Crippen LogP contribution in [0.1, 0.15) is 11.1 Å². The molecule has 0 atom stereocenters. The van der Waals surface area contributed by atoms with Crippen molar-refractivity contribution in [3.63, 3.8) is 0 Å². The van der Waals surface area contributed by atoms with Crippen molar-refractivity contribution in [1.82, 2.24) is 10.4 Å². The number of nitrogens with zero attached hydrogens (tertiary/aromatic N) is 1. The van der Waals surface area contributed by atoms with Gasteiger partial charge in [-0.15, -0.1) is 0 Å². The fourth-order valence-electron chi connectivity index (χ4n) is 3.24. The molecule has 0 amide bonds. The van der Waals surface area contributed by atoms with Crippen LogP contribution in [0, 0.1) is 6.92 Å². The molecule has 6 heteroatoms. The van der Waals surface area contributed by atoms with Crippen molar-refractivity contribution in [3.8, 4) is 11.3 Å². The molecule has 0 aliphatic heterocycles. The number of nitrogen functional groups attached to an aromatic ring is 1. The predicted octanol–water partition coefficient (Wildman–Crippen LogP) is 5.05. The molecule has 3 aromatic carbocycles. The molecule has 0 aliphatic carbocycles. The Kier molecular flexibility index (Phi) is 5.27. The minimum Gasteiger partial charge on any atom is -0.399 e. The second-order valence-electron chi connectivity index (χ2n) is 6.72. The fourth-order valence-corrected chi connectivity index (χ4v) is 3.40. The average Bonchev–Trinajstić information content (AvgIpc) is 3.09. The predicted molar refractivity (Wildman–Crippen MR) is 126 cm³/mol. The first-order chi connectivity index (χ1) is 14.1. The Morgan fingerprint density at radius 2 is 1.83 bits per heavy atom. The first kappa shape index (κ1) is 18.7. The van der Waals surface area contributed by atoms with Crippen LogP contribution >= 0.6 is 12.2 Å². The number of para-hydroxylation sites is 2. The van der Waals surface area contributed by atoms with Gasteiger partial charge in [-0.25, -0.2) is 0 Å². The summed E-state index contributed by atoms with van der Waals surface area (Å²) in [5.41, 5.74) is 15.6.